The van der Waals surface area contributed by atoms with Crippen molar-refractivity contribution in [2.45, 2.75) is 32.7 Å². The van der Waals surface area contributed by atoms with Gasteiger partial charge in [-0.05, 0) is 30.1 Å². The first kappa shape index (κ1) is 14.1. The number of hydrogen-bond donors (Lipinski definition) is 3. The number of carbonyl (C=O) groups is 1. The molecule has 0 aromatic heterocycles. The molecule has 4 nitrogen and oxygen atoms in total. The molecule has 110 valence electrons. The zero-order valence-electron chi connectivity index (χ0n) is 12.1. The molecule has 3 N–H and O–H groups in total. The van der Waals surface area contributed by atoms with Crippen molar-refractivity contribution in [3.8, 4) is 5.75 Å². The smallest absolute Gasteiger partial charge is 0.171 e. The van der Waals surface area contributed by atoms with Gasteiger partial charge in [0, 0.05) is 23.3 Å². The van der Waals surface area contributed by atoms with Crippen molar-refractivity contribution in [2.24, 2.45) is 5.41 Å². The highest BCUT2D eigenvalue weighted by Crippen LogP contribution is 2.42. The minimum Gasteiger partial charge on any atom is -0.508 e. The van der Waals surface area contributed by atoms with E-state index < -0.39 is 0 Å². The van der Waals surface area contributed by atoms with E-state index in [1.807, 2.05) is 12.1 Å². The second kappa shape index (κ2) is 4.84. The van der Waals surface area contributed by atoms with Gasteiger partial charge in [-0.25, -0.2) is 0 Å². The third kappa shape index (κ3) is 2.53. The summed E-state index contributed by atoms with van der Waals surface area (Å²) in [6.07, 6.45) is 1.28. The van der Waals surface area contributed by atoms with Crippen LogP contribution in [0.5, 0.6) is 5.75 Å². The molecule has 0 spiro atoms. The Labute approximate surface area is 129 Å². The lowest BCUT2D eigenvalue weighted by molar-refractivity contribution is -0.118. The van der Waals surface area contributed by atoms with Crippen molar-refractivity contribution < 1.29 is 9.90 Å². The standard InChI is InChI=1S/C16H18N2O2S/c1-16(2)7-10-13(12(20)8-16)14(18-15(21)17-10)9-5-3-4-6-11(9)19/h3-6,14,19H,7-8H2,1-2H3,(H2,17,18,21). The third-order valence-corrected chi connectivity index (χ3v) is 4.22. The fourth-order valence-corrected chi connectivity index (χ4v) is 3.36. The first-order valence-electron chi connectivity index (χ1n) is 6.99. The molecule has 1 unspecified atom stereocenters. The average Bonchev–Trinajstić information content (AvgIpc) is 2.36. The summed E-state index contributed by atoms with van der Waals surface area (Å²) >= 11 is 5.26. The first-order valence-corrected chi connectivity index (χ1v) is 7.40. The number of aromatic hydroxyl groups is 1. The Morgan fingerprint density at radius 2 is 2.00 bits per heavy atom. The van der Waals surface area contributed by atoms with Gasteiger partial charge in [0.15, 0.2) is 10.9 Å². The minimum atomic E-state index is -0.376. The summed E-state index contributed by atoms with van der Waals surface area (Å²) < 4.78 is 0. The maximum absolute atomic E-state index is 12.6. The van der Waals surface area contributed by atoms with Gasteiger partial charge in [0.1, 0.15) is 5.75 Å². The molecular formula is C16H18N2O2S. The van der Waals surface area contributed by atoms with Gasteiger partial charge in [-0.15, -0.1) is 0 Å². The van der Waals surface area contributed by atoms with Gasteiger partial charge in [-0.3, -0.25) is 4.79 Å². The number of ketones is 1. The van der Waals surface area contributed by atoms with Gasteiger partial charge in [-0.2, -0.15) is 0 Å². The van der Waals surface area contributed by atoms with Gasteiger partial charge in [0.25, 0.3) is 0 Å². The largest absolute Gasteiger partial charge is 0.508 e. The van der Waals surface area contributed by atoms with Crippen LogP contribution in [0.15, 0.2) is 35.5 Å². The number of nitrogens with one attached hydrogen (secondary N) is 2. The summed E-state index contributed by atoms with van der Waals surface area (Å²) in [5.41, 5.74) is 2.19. The highest BCUT2D eigenvalue weighted by molar-refractivity contribution is 7.80. The molecule has 1 aromatic carbocycles. The van der Waals surface area contributed by atoms with Gasteiger partial charge >= 0.3 is 0 Å². The van der Waals surface area contributed by atoms with Crippen molar-refractivity contribution in [3.63, 3.8) is 0 Å². The highest BCUT2D eigenvalue weighted by atomic mass is 32.1. The lowest BCUT2D eigenvalue weighted by atomic mass is 9.73. The molecule has 1 aliphatic heterocycles. The van der Waals surface area contributed by atoms with E-state index in [0.717, 1.165) is 12.1 Å². The van der Waals surface area contributed by atoms with Crippen molar-refractivity contribution in [3.05, 3.63) is 41.1 Å². The zero-order valence-corrected chi connectivity index (χ0v) is 12.9. The molecule has 0 radical (unpaired) electrons. The molecule has 1 atom stereocenters. The molecule has 1 aliphatic carbocycles. The van der Waals surface area contributed by atoms with E-state index in [-0.39, 0.29) is 23.0 Å². The van der Waals surface area contributed by atoms with Gasteiger partial charge in [0.05, 0.1) is 6.04 Å². The Hall–Kier alpha value is -1.88. The van der Waals surface area contributed by atoms with Crippen molar-refractivity contribution >= 4 is 23.1 Å². The number of Topliss-reactive ketones (excluding diaryl/α,β-unsaturated/α-hetero) is 1. The minimum absolute atomic E-state index is 0.0703. The molecule has 1 aromatic rings. The number of phenolic OH excluding ortho intramolecular Hbond substituents is 1. The molecular weight excluding hydrogens is 284 g/mol. The van der Waals surface area contributed by atoms with Crippen LogP contribution >= 0.6 is 12.2 Å². The van der Waals surface area contributed by atoms with Crippen LogP contribution in [0.4, 0.5) is 0 Å². The van der Waals surface area contributed by atoms with Crippen molar-refractivity contribution in [1.29, 1.82) is 0 Å². The van der Waals surface area contributed by atoms with Gasteiger partial charge < -0.3 is 15.7 Å². The van der Waals surface area contributed by atoms with E-state index in [2.05, 4.69) is 24.5 Å². The number of carbonyl (C=O) groups excluding carboxylic acids is 1. The molecule has 2 aliphatic rings. The summed E-state index contributed by atoms with van der Waals surface area (Å²) in [5, 5.41) is 16.8. The number of benzene rings is 1. The Morgan fingerprint density at radius 3 is 2.71 bits per heavy atom. The van der Waals surface area contributed by atoms with Crippen LogP contribution in [0.3, 0.4) is 0 Å². The second-order valence-electron chi connectivity index (χ2n) is 6.42. The molecule has 0 saturated carbocycles. The van der Waals surface area contributed by atoms with E-state index in [0.29, 0.717) is 22.7 Å². The Kier molecular flexibility index (Phi) is 3.24. The maximum atomic E-state index is 12.6. The van der Waals surface area contributed by atoms with E-state index in [4.69, 9.17) is 12.2 Å². The number of allylic oxidation sites excluding steroid dienone is 1. The molecule has 5 heteroatoms. The second-order valence-corrected chi connectivity index (χ2v) is 6.83. The highest BCUT2D eigenvalue weighted by Gasteiger charge is 2.40. The number of para-hydroxylation sites is 1. The normalized spacial score (nSPS) is 24.2. The molecule has 1 heterocycles. The van der Waals surface area contributed by atoms with E-state index in [1.54, 1.807) is 12.1 Å². The van der Waals surface area contributed by atoms with Crippen LogP contribution in [-0.4, -0.2) is 16.0 Å². The number of phenols is 1. The molecule has 0 saturated heterocycles. The van der Waals surface area contributed by atoms with Gasteiger partial charge in [0.2, 0.25) is 0 Å². The van der Waals surface area contributed by atoms with E-state index in [1.165, 1.54) is 0 Å². The zero-order chi connectivity index (χ0) is 15.2. The first-order chi connectivity index (χ1) is 9.87. The Balaban J connectivity index is 2.11. The van der Waals surface area contributed by atoms with E-state index in [9.17, 15) is 9.90 Å². The molecule has 21 heavy (non-hydrogen) atoms. The van der Waals surface area contributed by atoms with Gasteiger partial charge in [-0.1, -0.05) is 32.0 Å². The predicted molar refractivity (Wildman–Crippen MR) is 84.8 cm³/mol. The summed E-state index contributed by atoms with van der Waals surface area (Å²) in [6.45, 7) is 4.16. The Bertz CT molecular complexity index is 664. The monoisotopic (exact) mass is 302 g/mol. The quantitative estimate of drug-likeness (QED) is 0.696. The molecule has 0 bridgehead atoms. The SMILES string of the molecule is CC1(C)CC(=O)C2=C(C1)NC(=S)NC2c1ccccc1O. The molecule has 0 fully saturated rings. The number of hydrogen-bond acceptors (Lipinski definition) is 3. The summed E-state index contributed by atoms with van der Waals surface area (Å²) in [4.78, 5) is 12.6. The van der Waals surface area contributed by atoms with Crippen LogP contribution < -0.4 is 10.6 Å². The lowest BCUT2D eigenvalue weighted by Crippen LogP contribution is -2.48. The van der Waals surface area contributed by atoms with Crippen LogP contribution in [-0.2, 0) is 4.79 Å². The summed E-state index contributed by atoms with van der Waals surface area (Å²) in [7, 11) is 0. The van der Waals surface area contributed by atoms with Crippen molar-refractivity contribution in [1.82, 2.24) is 10.6 Å². The predicted octanol–water partition coefficient (Wildman–Crippen LogP) is 2.55. The van der Waals surface area contributed by atoms with Crippen LogP contribution in [0.1, 0.15) is 38.3 Å². The molecule has 0 amide bonds. The fourth-order valence-electron chi connectivity index (χ4n) is 3.12. The third-order valence-electron chi connectivity index (χ3n) is 4.00. The topological polar surface area (TPSA) is 61.4 Å². The fraction of sp³-hybridized carbons (Fsp3) is 0.375. The van der Waals surface area contributed by atoms with E-state index >= 15 is 0 Å². The summed E-state index contributed by atoms with van der Waals surface area (Å²) in [5.74, 6) is 0.279. The Morgan fingerprint density at radius 1 is 1.29 bits per heavy atom. The number of thiocarbonyl (C=S) groups is 1. The van der Waals surface area contributed by atoms with Crippen LogP contribution in [0.25, 0.3) is 0 Å². The lowest BCUT2D eigenvalue weighted by Gasteiger charge is -2.39. The maximum Gasteiger partial charge on any atom is 0.171 e. The summed E-state index contributed by atoms with van der Waals surface area (Å²) in [6, 6.07) is 6.68. The van der Waals surface area contributed by atoms with Crippen molar-refractivity contribution in [2.75, 3.05) is 0 Å². The van der Waals surface area contributed by atoms with Crippen LogP contribution in [0, 0.1) is 5.41 Å². The average molecular weight is 302 g/mol. The number of rotatable bonds is 1. The molecule has 3 rings (SSSR count). The van der Waals surface area contributed by atoms with Crippen LogP contribution in [0.2, 0.25) is 0 Å².